The first-order valence-electron chi connectivity index (χ1n) is 7.65. The van der Waals surface area contributed by atoms with E-state index < -0.39 is 0 Å². The molecule has 0 aliphatic carbocycles. The van der Waals surface area contributed by atoms with Crippen LogP contribution in [0, 0.1) is 13.8 Å². The molecule has 0 amide bonds. The summed E-state index contributed by atoms with van der Waals surface area (Å²) in [6.07, 6.45) is 2.64. The number of hydrogen-bond donors (Lipinski definition) is 1. The van der Waals surface area contributed by atoms with Crippen molar-refractivity contribution in [2.24, 2.45) is 0 Å². The first-order valence-corrected chi connectivity index (χ1v) is 7.65. The highest BCUT2D eigenvalue weighted by Gasteiger charge is 2.20. The van der Waals surface area contributed by atoms with Crippen molar-refractivity contribution in [1.82, 2.24) is 10.2 Å². The van der Waals surface area contributed by atoms with Crippen LogP contribution in [0.2, 0.25) is 0 Å². The highest BCUT2D eigenvalue weighted by atomic mass is 15.2. The average Bonchev–Trinajstić information content (AvgIpc) is 2.38. The third-order valence-corrected chi connectivity index (χ3v) is 4.33. The van der Waals surface area contributed by atoms with Crippen LogP contribution in [0.15, 0.2) is 18.2 Å². The number of rotatable bonds is 4. The van der Waals surface area contributed by atoms with Crippen LogP contribution in [0.5, 0.6) is 0 Å². The van der Waals surface area contributed by atoms with Gasteiger partial charge in [0.2, 0.25) is 0 Å². The molecule has 0 radical (unpaired) electrons. The van der Waals surface area contributed by atoms with Gasteiger partial charge in [0.25, 0.3) is 0 Å². The predicted molar refractivity (Wildman–Crippen MR) is 82.6 cm³/mol. The zero-order chi connectivity index (χ0) is 13.8. The molecule has 0 saturated carbocycles. The Morgan fingerprint density at radius 1 is 1.37 bits per heavy atom. The first-order chi connectivity index (χ1) is 9.10. The molecule has 1 saturated heterocycles. The van der Waals surface area contributed by atoms with Gasteiger partial charge in [0, 0.05) is 18.6 Å². The number of likely N-dealkylation sites (tertiary alicyclic amines) is 1. The Kier molecular flexibility index (Phi) is 5.00. The van der Waals surface area contributed by atoms with Crippen LogP contribution in [-0.2, 0) is 0 Å². The summed E-state index contributed by atoms with van der Waals surface area (Å²) in [4.78, 5) is 2.55. The van der Waals surface area contributed by atoms with Gasteiger partial charge in [-0.15, -0.1) is 0 Å². The Balaban J connectivity index is 1.98. The van der Waals surface area contributed by atoms with Gasteiger partial charge < -0.3 is 10.2 Å². The van der Waals surface area contributed by atoms with E-state index >= 15 is 0 Å². The molecule has 0 aromatic heterocycles. The summed E-state index contributed by atoms with van der Waals surface area (Å²) in [6, 6.07) is 7.88. The second kappa shape index (κ2) is 6.53. The van der Waals surface area contributed by atoms with E-state index in [0.717, 1.165) is 0 Å². The quantitative estimate of drug-likeness (QED) is 0.892. The number of nitrogens with zero attached hydrogens (tertiary/aromatic N) is 1. The minimum atomic E-state index is 0.447. The van der Waals surface area contributed by atoms with Gasteiger partial charge in [-0.3, -0.25) is 0 Å². The van der Waals surface area contributed by atoms with E-state index in [4.69, 9.17) is 0 Å². The molecule has 2 rings (SSSR count). The van der Waals surface area contributed by atoms with Crippen LogP contribution in [0.1, 0.15) is 49.4 Å². The second-order valence-electron chi connectivity index (χ2n) is 5.98. The van der Waals surface area contributed by atoms with Gasteiger partial charge in [-0.2, -0.15) is 0 Å². The molecule has 2 unspecified atom stereocenters. The van der Waals surface area contributed by atoms with Gasteiger partial charge in [-0.05, 0) is 57.8 Å². The summed E-state index contributed by atoms with van der Waals surface area (Å²) in [5, 5.41) is 3.82. The summed E-state index contributed by atoms with van der Waals surface area (Å²) < 4.78 is 0. The lowest BCUT2D eigenvalue weighted by Crippen LogP contribution is -2.46. The summed E-state index contributed by atoms with van der Waals surface area (Å²) in [5.74, 6) is 0. The molecule has 1 heterocycles. The third kappa shape index (κ3) is 3.80. The van der Waals surface area contributed by atoms with Gasteiger partial charge in [0.15, 0.2) is 0 Å². The normalized spacial score (nSPS) is 22.4. The van der Waals surface area contributed by atoms with Crippen LogP contribution in [0.3, 0.4) is 0 Å². The number of likely N-dealkylation sites (N-methyl/N-ethyl adjacent to an activating group) is 1. The van der Waals surface area contributed by atoms with Crippen molar-refractivity contribution >= 4 is 0 Å². The number of piperidine rings is 1. The van der Waals surface area contributed by atoms with Gasteiger partial charge in [0.1, 0.15) is 0 Å². The van der Waals surface area contributed by atoms with Crippen molar-refractivity contribution in [1.29, 1.82) is 0 Å². The zero-order valence-electron chi connectivity index (χ0n) is 12.9. The maximum atomic E-state index is 3.82. The maximum absolute atomic E-state index is 3.82. The number of benzene rings is 1. The maximum Gasteiger partial charge on any atom is 0.0297 e. The summed E-state index contributed by atoms with van der Waals surface area (Å²) >= 11 is 0. The Bertz CT molecular complexity index is 414. The molecule has 0 spiro atoms. The molecule has 0 bridgehead atoms. The van der Waals surface area contributed by atoms with E-state index in [2.05, 4.69) is 56.1 Å². The van der Waals surface area contributed by atoms with Crippen LogP contribution < -0.4 is 5.32 Å². The fourth-order valence-electron chi connectivity index (χ4n) is 3.23. The van der Waals surface area contributed by atoms with Crippen molar-refractivity contribution in [3.8, 4) is 0 Å². The molecule has 2 atom stereocenters. The molecule has 2 heteroatoms. The lowest BCUT2D eigenvalue weighted by atomic mass is 9.98. The van der Waals surface area contributed by atoms with Crippen molar-refractivity contribution < 1.29 is 0 Å². The first kappa shape index (κ1) is 14.5. The van der Waals surface area contributed by atoms with E-state index in [1.165, 1.54) is 49.2 Å². The topological polar surface area (TPSA) is 15.3 Å². The molecular weight excluding hydrogens is 232 g/mol. The standard InChI is InChI=1S/C17H28N2/c1-5-19-10-6-7-16(12-19)18-15(4)17-9-8-13(2)11-14(17)3/h8-9,11,15-16,18H,5-7,10,12H2,1-4H3. The summed E-state index contributed by atoms with van der Waals surface area (Å²) in [6.45, 7) is 12.6. The molecule has 2 nitrogen and oxygen atoms in total. The molecule has 1 fully saturated rings. The monoisotopic (exact) mass is 260 g/mol. The molecule has 1 aliphatic rings. The van der Waals surface area contributed by atoms with Gasteiger partial charge in [0.05, 0.1) is 0 Å². The van der Waals surface area contributed by atoms with Crippen LogP contribution >= 0.6 is 0 Å². The van der Waals surface area contributed by atoms with Gasteiger partial charge >= 0.3 is 0 Å². The summed E-state index contributed by atoms with van der Waals surface area (Å²) in [7, 11) is 0. The Morgan fingerprint density at radius 3 is 2.84 bits per heavy atom. The molecule has 1 aromatic rings. The molecule has 19 heavy (non-hydrogen) atoms. The minimum Gasteiger partial charge on any atom is -0.306 e. The lowest BCUT2D eigenvalue weighted by molar-refractivity contribution is 0.192. The van der Waals surface area contributed by atoms with Crippen LogP contribution in [0.4, 0.5) is 0 Å². The second-order valence-corrected chi connectivity index (χ2v) is 5.98. The largest absolute Gasteiger partial charge is 0.306 e. The third-order valence-electron chi connectivity index (χ3n) is 4.33. The van der Waals surface area contributed by atoms with Crippen molar-refractivity contribution in [3.63, 3.8) is 0 Å². The Hall–Kier alpha value is -0.860. The van der Waals surface area contributed by atoms with Crippen LogP contribution in [0.25, 0.3) is 0 Å². The predicted octanol–water partition coefficient (Wildman–Crippen LogP) is 3.44. The lowest BCUT2D eigenvalue weighted by Gasteiger charge is -2.34. The smallest absolute Gasteiger partial charge is 0.0297 e. The number of nitrogens with one attached hydrogen (secondary N) is 1. The van der Waals surface area contributed by atoms with E-state index in [-0.39, 0.29) is 0 Å². The molecule has 1 aliphatic heterocycles. The fourth-order valence-corrected chi connectivity index (χ4v) is 3.23. The number of aryl methyl sites for hydroxylation is 2. The minimum absolute atomic E-state index is 0.447. The van der Waals surface area contributed by atoms with Crippen molar-refractivity contribution in [2.75, 3.05) is 19.6 Å². The van der Waals surface area contributed by atoms with E-state index in [1.54, 1.807) is 0 Å². The molecule has 106 valence electrons. The Labute approximate surface area is 118 Å². The highest BCUT2D eigenvalue weighted by Crippen LogP contribution is 2.21. The average molecular weight is 260 g/mol. The van der Waals surface area contributed by atoms with E-state index in [9.17, 15) is 0 Å². The zero-order valence-corrected chi connectivity index (χ0v) is 12.9. The number of hydrogen-bond acceptors (Lipinski definition) is 2. The van der Waals surface area contributed by atoms with Gasteiger partial charge in [-0.1, -0.05) is 30.7 Å². The van der Waals surface area contributed by atoms with E-state index in [0.29, 0.717) is 12.1 Å². The van der Waals surface area contributed by atoms with Gasteiger partial charge in [-0.25, -0.2) is 0 Å². The molecule has 1 N–H and O–H groups in total. The highest BCUT2D eigenvalue weighted by molar-refractivity contribution is 5.32. The van der Waals surface area contributed by atoms with Crippen molar-refractivity contribution in [3.05, 3.63) is 34.9 Å². The van der Waals surface area contributed by atoms with E-state index in [1.807, 2.05) is 0 Å². The summed E-state index contributed by atoms with van der Waals surface area (Å²) in [5.41, 5.74) is 4.20. The van der Waals surface area contributed by atoms with Crippen molar-refractivity contribution in [2.45, 2.75) is 52.6 Å². The Morgan fingerprint density at radius 2 is 2.16 bits per heavy atom. The SMILES string of the molecule is CCN1CCCC(NC(C)c2ccc(C)cc2C)C1. The molecular formula is C17H28N2. The van der Waals surface area contributed by atoms with Crippen LogP contribution in [-0.4, -0.2) is 30.6 Å². The molecule has 1 aromatic carbocycles. The fraction of sp³-hybridized carbons (Fsp3) is 0.647.